The molecule has 80 valence electrons. The summed E-state index contributed by atoms with van der Waals surface area (Å²) < 4.78 is 10.1. The predicted octanol–water partition coefficient (Wildman–Crippen LogP) is 2.64. The van der Waals surface area contributed by atoms with E-state index in [4.69, 9.17) is 14.7 Å². The van der Waals surface area contributed by atoms with E-state index in [-0.39, 0.29) is 0 Å². The molecule has 0 radical (unpaired) electrons. The second-order valence-corrected chi connectivity index (χ2v) is 4.06. The lowest BCUT2D eigenvalue weighted by atomic mass is 10.3. The first kappa shape index (κ1) is 9.17. The minimum atomic E-state index is 0.434. The Morgan fingerprint density at radius 3 is 2.94 bits per heavy atom. The number of rotatable bonds is 2. The first-order valence-corrected chi connectivity index (χ1v) is 5.42. The smallest absolute Gasteiger partial charge is 0.270 e. The van der Waals surface area contributed by atoms with Gasteiger partial charge in [0.05, 0.1) is 17.5 Å². The number of hydrogen-bond donors (Lipinski definition) is 1. The standard InChI is InChI=1S/C10H7N3O2S/c11-7-2-4-16-8(7)10-12-9(13-15-10)6-1-3-14-5-6/h1-5H,11H2. The third kappa shape index (κ3) is 1.40. The molecular formula is C10H7N3O2S. The first-order chi connectivity index (χ1) is 7.84. The van der Waals surface area contributed by atoms with Gasteiger partial charge in [-0.15, -0.1) is 11.3 Å². The van der Waals surface area contributed by atoms with Gasteiger partial charge in [-0.25, -0.2) is 0 Å². The first-order valence-electron chi connectivity index (χ1n) is 4.54. The number of hydrogen-bond acceptors (Lipinski definition) is 6. The number of thiophene rings is 1. The highest BCUT2D eigenvalue weighted by molar-refractivity contribution is 7.14. The van der Waals surface area contributed by atoms with Gasteiger partial charge in [0.25, 0.3) is 5.89 Å². The third-order valence-electron chi connectivity index (χ3n) is 2.10. The number of aromatic nitrogens is 2. The summed E-state index contributed by atoms with van der Waals surface area (Å²) in [6, 6.07) is 3.58. The molecule has 6 heteroatoms. The van der Waals surface area contributed by atoms with Crippen LogP contribution in [0.2, 0.25) is 0 Å². The molecule has 0 spiro atoms. The van der Waals surface area contributed by atoms with E-state index in [1.165, 1.54) is 11.3 Å². The molecule has 3 aromatic heterocycles. The Bertz CT molecular complexity index is 597. The molecule has 16 heavy (non-hydrogen) atoms. The molecule has 5 nitrogen and oxygen atoms in total. The maximum atomic E-state index is 5.76. The van der Waals surface area contributed by atoms with Crippen molar-refractivity contribution in [3.63, 3.8) is 0 Å². The van der Waals surface area contributed by atoms with Gasteiger partial charge in [0.2, 0.25) is 5.82 Å². The number of anilines is 1. The van der Waals surface area contributed by atoms with Crippen molar-refractivity contribution in [1.82, 2.24) is 10.1 Å². The topological polar surface area (TPSA) is 78.1 Å². The molecule has 0 fully saturated rings. The summed E-state index contributed by atoms with van der Waals surface area (Å²) in [5.74, 6) is 0.931. The molecule has 0 saturated carbocycles. The number of nitrogen functional groups attached to an aromatic ring is 1. The largest absolute Gasteiger partial charge is 0.472 e. The monoisotopic (exact) mass is 233 g/mol. The van der Waals surface area contributed by atoms with Crippen LogP contribution in [0.15, 0.2) is 39.0 Å². The Balaban J connectivity index is 2.03. The molecule has 0 saturated heterocycles. The van der Waals surface area contributed by atoms with Crippen molar-refractivity contribution in [3.05, 3.63) is 30.0 Å². The third-order valence-corrected chi connectivity index (χ3v) is 3.01. The maximum Gasteiger partial charge on any atom is 0.270 e. The van der Waals surface area contributed by atoms with E-state index in [1.54, 1.807) is 18.6 Å². The number of furan rings is 1. The van der Waals surface area contributed by atoms with Crippen molar-refractivity contribution >= 4 is 17.0 Å². The van der Waals surface area contributed by atoms with Crippen LogP contribution in [0.25, 0.3) is 22.2 Å². The highest BCUT2D eigenvalue weighted by Gasteiger charge is 2.14. The predicted molar refractivity (Wildman–Crippen MR) is 59.7 cm³/mol. The summed E-state index contributed by atoms with van der Waals surface area (Å²) in [5.41, 5.74) is 7.19. The molecule has 2 N–H and O–H groups in total. The lowest BCUT2D eigenvalue weighted by Crippen LogP contribution is -1.83. The van der Waals surface area contributed by atoms with Crippen molar-refractivity contribution < 1.29 is 8.94 Å². The molecule has 3 rings (SSSR count). The fraction of sp³-hybridized carbons (Fsp3) is 0. The van der Waals surface area contributed by atoms with E-state index < -0.39 is 0 Å². The second kappa shape index (κ2) is 3.49. The molecule has 0 amide bonds. The lowest BCUT2D eigenvalue weighted by molar-refractivity contribution is 0.433. The number of nitrogens with zero attached hydrogens (tertiary/aromatic N) is 2. The van der Waals surface area contributed by atoms with Gasteiger partial charge in [-0.1, -0.05) is 5.16 Å². The molecule has 0 aliphatic rings. The summed E-state index contributed by atoms with van der Waals surface area (Å²) in [7, 11) is 0. The van der Waals surface area contributed by atoms with Gasteiger partial charge in [-0.05, 0) is 17.5 Å². The van der Waals surface area contributed by atoms with Crippen LogP contribution in [0.4, 0.5) is 5.69 Å². The summed E-state index contributed by atoms with van der Waals surface area (Å²) in [6.07, 6.45) is 3.12. The Hall–Kier alpha value is -2.08. The SMILES string of the molecule is Nc1ccsc1-c1nc(-c2ccoc2)no1. The average Bonchev–Trinajstić information content (AvgIpc) is 2.96. The van der Waals surface area contributed by atoms with Gasteiger partial charge >= 0.3 is 0 Å². The van der Waals surface area contributed by atoms with Gasteiger partial charge in [-0.2, -0.15) is 4.98 Å². The van der Waals surface area contributed by atoms with Gasteiger partial charge in [0.15, 0.2) is 0 Å². The van der Waals surface area contributed by atoms with E-state index in [0.717, 1.165) is 10.4 Å². The zero-order valence-corrected chi connectivity index (χ0v) is 8.90. The minimum absolute atomic E-state index is 0.434. The van der Waals surface area contributed by atoms with Crippen molar-refractivity contribution in [3.8, 4) is 22.2 Å². The van der Waals surface area contributed by atoms with E-state index in [2.05, 4.69) is 10.1 Å². The van der Waals surface area contributed by atoms with E-state index in [1.807, 2.05) is 11.4 Å². The highest BCUT2D eigenvalue weighted by atomic mass is 32.1. The molecule has 0 bridgehead atoms. The Morgan fingerprint density at radius 1 is 1.31 bits per heavy atom. The highest BCUT2D eigenvalue weighted by Crippen LogP contribution is 2.31. The minimum Gasteiger partial charge on any atom is -0.472 e. The van der Waals surface area contributed by atoms with Crippen LogP contribution < -0.4 is 5.73 Å². The summed E-state index contributed by atoms with van der Waals surface area (Å²) in [5, 5.41) is 5.74. The van der Waals surface area contributed by atoms with Crippen LogP contribution >= 0.6 is 11.3 Å². The van der Waals surface area contributed by atoms with Gasteiger partial charge in [0.1, 0.15) is 11.1 Å². The van der Waals surface area contributed by atoms with E-state index in [9.17, 15) is 0 Å². The summed E-state index contributed by atoms with van der Waals surface area (Å²) >= 11 is 1.47. The van der Waals surface area contributed by atoms with E-state index in [0.29, 0.717) is 17.4 Å². The Kier molecular flexibility index (Phi) is 2.00. The molecular weight excluding hydrogens is 226 g/mol. The van der Waals surface area contributed by atoms with Crippen molar-refractivity contribution in [1.29, 1.82) is 0 Å². The Labute approximate surface area is 94.5 Å². The molecule has 0 aliphatic carbocycles. The average molecular weight is 233 g/mol. The molecule has 0 aromatic carbocycles. The summed E-state index contributed by atoms with van der Waals surface area (Å²) in [6.45, 7) is 0. The van der Waals surface area contributed by atoms with Crippen molar-refractivity contribution in [2.24, 2.45) is 0 Å². The second-order valence-electron chi connectivity index (χ2n) is 3.14. The van der Waals surface area contributed by atoms with Crippen LogP contribution in [-0.2, 0) is 0 Å². The van der Waals surface area contributed by atoms with Crippen molar-refractivity contribution in [2.75, 3.05) is 5.73 Å². The van der Waals surface area contributed by atoms with E-state index >= 15 is 0 Å². The van der Waals surface area contributed by atoms with Crippen LogP contribution in [0.3, 0.4) is 0 Å². The normalized spacial score (nSPS) is 10.8. The van der Waals surface area contributed by atoms with Crippen LogP contribution in [0.1, 0.15) is 0 Å². The zero-order valence-electron chi connectivity index (χ0n) is 8.08. The number of nitrogens with two attached hydrogens (primary N) is 1. The zero-order chi connectivity index (χ0) is 11.0. The summed E-state index contributed by atoms with van der Waals surface area (Å²) in [4.78, 5) is 5.04. The molecule has 3 heterocycles. The van der Waals surface area contributed by atoms with Gasteiger partial charge in [-0.3, -0.25) is 0 Å². The fourth-order valence-corrected chi connectivity index (χ4v) is 2.06. The quantitative estimate of drug-likeness (QED) is 0.736. The molecule has 3 aromatic rings. The maximum absolute atomic E-state index is 5.76. The lowest BCUT2D eigenvalue weighted by Gasteiger charge is -1.88. The molecule has 0 unspecified atom stereocenters. The molecule has 0 atom stereocenters. The van der Waals surface area contributed by atoms with Gasteiger partial charge in [0, 0.05) is 0 Å². The van der Waals surface area contributed by atoms with Crippen LogP contribution in [0.5, 0.6) is 0 Å². The van der Waals surface area contributed by atoms with Gasteiger partial charge < -0.3 is 14.7 Å². The fourth-order valence-electron chi connectivity index (χ4n) is 1.32. The van der Waals surface area contributed by atoms with Crippen LogP contribution in [-0.4, -0.2) is 10.1 Å². The Morgan fingerprint density at radius 2 is 2.25 bits per heavy atom. The van der Waals surface area contributed by atoms with Crippen LogP contribution in [0, 0.1) is 0 Å². The molecule has 0 aliphatic heterocycles. The van der Waals surface area contributed by atoms with Crippen molar-refractivity contribution in [2.45, 2.75) is 0 Å².